The average Bonchev–Trinajstić information content (AvgIpc) is 2.36. The van der Waals surface area contributed by atoms with Gasteiger partial charge in [-0.1, -0.05) is 35.3 Å². The van der Waals surface area contributed by atoms with E-state index in [4.69, 9.17) is 23.2 Å². The van der Waals surface area contributed by atoms with Crippen LogP contribution in [0.3, 0.4) is 0 Å². The summed E-state index contributed by atoms with van der Waals surface area (Å²) in [5.41, 5.74) is 1.96. The molecule has 0 spiro atoms. The summed E-state index contributed by atoms with van der Waals surface area (Å²) in [4.78, 5) is 0. The van der Waals surface area contributed by atoms with Crippen LogP contribution >= 0.6 is 23.2 Å². The topological polar surface area (TPSA) is 12.0 Å². The summed E-state index contributed by atoms with van der Waals surface area (Å²) in [6.45, 7) is 2.60. The van der Waals surface area contributed by atoms with Crippen molar-refractivity contribution in [1.29, 1.82) is 0 Å². The lowest BCUT2D eigenvalue weighted by Crippen LogP contribution is -2.18. The van der Waals surface area contributed by atoms with Gasteiger partial charge in [-0.15, -0.1) is 0 Å². The minimum absolute atomic E-state index is 0.152. The summed E-state index contributed by atoms with van der Waals surface area (Å²) in [7, 11) is 0. The van der Waals surface area contributed by atoms with Gasteiger partial charge in [0.05, 0.1) is 0 Å². The van der Waals surface area contributed by atoms with E-state index in [9.17, 15) is 4.39 Å². The summed E-state index contributed by atoms with van der Waals surface area (Å²) in [5.74, 6) is -0.316. The van der Waals surface area contributed by atoms with Crippen molar-refractivity contribution in [1.82, 2.24) is 5.32 Å². The largest absolute Gasteiger partial charge is 0.306 e. The molecule has 1 nitrogen and oxygen atoms in total. The van der Waals surface area contributed by atoms with Crippen LogP contribution in [0, 0.1) is 5.82 Å². The van der Waals surface area contributed by atoms with E-state index >= 15 is 0 Å². The first-order valence-corrected chi connectivity index (χ1v) is 6.74. The van der Waals surface area contributed by atoms with Crippen LogP contribution in [0.2, 0.25) is 10.0 Å². The van der Waals surface area contributed by atoms with E-state index in [0.29, 0.717) is 16.6 Å². The monoisotopic (exact) mass is 297 g/mol. The Balaban J connectivity index is 1.99. The predicted molar refractivity (Wildman–Crippen MR) is 78.1 cm³/mol. The maximum absolute atomic E-state index is 13.2. The molecule has 0 saturated carbocycles. The summed E-state index contributed by atoms with van der Waals surface area (Å²) in [6.07, 6.45) is 0. The number of benzene rings is 2. The Morgan fingerprint density at radius 3 is 2.37 bits per heavy atom. The molecule has 4 heteroatoms. The first-order chi connectivity index (χ1) is 9.04. The number of hydrogen-bond acceptors (Lipinski definition) is 1. The van der Waals surface area contributed by atoms with Crippen LogP contribution in [0.15, 0.2) is 42.5 Å². The van der Waals surface area contributed by atoms with E-state index in [2.05, 4.69) is 5.32 Å². The summed E-state index contributed by atoms with van der Waals surface area (Å²) < 4.78 is 13.2. The quantitative estimate of drug-likeness (QED) is 0.839. The van der Waals surface area contributed by atoms with Gasteiger partial charge in [-0.3, -0.25) is 0 Å². The lowest BCUT2D eigenvalue weighted by atomic mass is 10.1. The molecule has 0 aliphatic rings. The zero-order valence-electron chi connectivity index (χ0n) is 10.5. The molecule has 100 valence electrons. The molecule has 1 atom stereocenters. The Morgan fingerprint density at radius 1 is 1.05 bits per heavy atom. The third-order valence-corrected chi connectivity index (χ3v) is 3.37. The third-order valence-electron chi connectivity index (χ3n) is 2.90. The standard InChI is InChI=1S/C15H14Cl2FN/c1-10(12-2-4-13(16)5-3-12)19-9-11-6-14(17)8-15(18)7-11/h2-8,10,19H,9H2,1H3/t10-/m1/s1. The molecule has 0 saturated heterocycles. The van der Waals surface area contributed by atoms with Crippen molar-refractivity contribution in [3.05, 3.63) is 69.5 Å². The SMILES string of the molecule is C[C@@H](NCc1cc(F)cc(Cl)c1)c1ccc(Cl)cc1. The first kappa shape index (κ1) is 14.3. The Hall–Kier alpha value is -1.09. The minimum Gasteiger partial charge on any atom is -0.306 e. The molecule has 0 bridgehead atoms. The van der Waals surface area contributed by atoms with E-state index in [1.165, 1.54) is 12.1 Å². The van der Waals surface area contributed by atoms with Crippen molar-refractivity contribution in [3.8, 4) is 0 Å². The molecule has 0 aromatic heterocycles. The van der Waals surface area contributed by atoms with Crippen molar-refractivity contribution < 1.29 is 4.39 Å². The zero-order valence-corrected chi connectivity index (χ0v) is 12.0. The molecule has 0 aliphatic carbocycles. The van der Waals surface area contributed by atoms with Crippen molar-refractivity contribution in [2.24, 2.45) is 0 Å². The molecular formula is C15H14Cl2FN. The van der Waals surface area contributed by atoms with Gasteiger partial charge in [0, 0.05) is 22.6 Å². The van der Waals surface area contributed by atoms with Gasteiger partial charge < -0.3 is 5.32 Å². The van der Waals surface area contributed by atoms with E-state index in [1.807, 2.05) is 31.2 Å². The molecule has 19 heavy (non-hydrogen) atoms. The van der Waals surface area contributed by atoms with Crippen molar-refractivity contribution >= 4 is 23.2 Å². The summed E-state index contributed by atoms with van der Waals surface area (Å²) >= 11 is 11.7. The van der Waals surface area contributed by atoms with E-state index in [1.54, 1.807) is 6.07 Å². The molecule has 0 radical (unpaired) electrons. The lowest BCUT2D eigenvalue weighted by molar-refractivity contribution is 0.569. The summed E-state index contributed by atoms with van der Waals surface area (Å²) in [6, 6.07) is 12.3. The van der Waals surface area contributed by atoms with Gasteiger partial charge in [-0.2, -0.15) is 0 Å². The van der Waals surface area contributed by atoms with Gasteiger partial charge >= 0.3 is 0 Å². The molecule has 0 aliphatic heterocycles. The Kier molecular flexibility index (Phi) is 4.81. The van der Waals surface area contributed by atoms with Crippen LogP contribution in [0.1, 0.15) is 24.1 Å². The maximum Gasteiger partial charge on any atom is 0.125 e. The highest BCUT2D eigenvalue weighted by molar-refractivity contribution is 6.30. The molecule has 0 heterocycles. The average molecular weight is 298 g/mol. The second kappa shape index (κ2) is 6.38. The van der Waals surface area contributed by atoms with Gasteiger partial charge in [0.15, 0.2) is 0 Å². The fourth-order valence-corrected chi connectivity index (χ4v) is 2.22. The van der Waals surface area contributed by atoms with Crippen LogP contribution in [0.5, 0.6) is 0 Å². The zero-order chi connectivity index (χ0) is 13.8. The van der Waals surface area contributed by atoms with Gasteiger partial charge in [-0.05, 0) is 48.4 Å². The fraction of sp³-hybridized carbons (Fsp3) is 0.200. The molecule has 2 aromatic rings. The smallest absolute Gasteiger partial charge is 0.125 e. The van der Waals surface area contributed by atoms with Crippen molar-refractivity contribution in [2.45, 2.75) is 19.5 Å². The molecule has 0 amide bonds. The van der Waals surface area contributed by atoms with Gasteiger partial charge in [0.2, 0.25) is 0 Å². The molecule has 2 aromatic carbocycles. The molecular weight excluding hydrogens is 284 g/mol. The molecule has 0 fully saturated rings. The second-order valence-corrected chi connectivity index (χ2v) is 5.30. The predicted octanol–water partition coefficient (Wildman–Crippen LogP) is 4.98. The number of hydrogen-bond donors (Lipinski definition) is 1. The normalized spacial score (nSPS) is 12.4. The van der Waals surface area contributed by atoms with Gasteiger partial charge in [0.25, 0.3) is 0 Å². The number of nitrogens with one attached hydrogen (secondary N) is 1. The Morgan fingerprint density at radius 2 is 1.74 bits per heavy atom. The number of rotatable bonds is 4. The molecule has 0 unspecified atom stereocenters. The van der Waals surface area contributed by atoms with Crippen LogP contribution in [0.4, 0.5) is 4.39 Å². The summed E-state index contributed by atoms with van der Waals surface area (Å²) in [5, 5.41) is 4.45. The second-order valence-electron chi connectivity index (χ2n) is 4.43. The van der Waals surface area contributed by atoms with Crippen molar-refractivity contribution in [2.75, 3.05) is 0 Å². The Bertz CT molecular complexity index is 534. The van der Waals surface area contributed by atoms with Crippen molar-refractivity contribution in [3.63, 3.8) is 0 Å². The van der Waals surface area contributed by atoms with Gasteiger partial charge in [0.1, 0.15) is 5.82 Å². The first-order valence-electron chi connectivity index (χ1n) is 5.98. The lowest BCUT2D eigenvalue weighted by Gasteiger charge is -2.14. The van der Waals surface area contributed by atoms with E-state index in [-0.39, 0.29) is 11.9 Å². The van der Waals surface area contributed by atoms with Gasteiger partial charge in [-0.25, -0.2) is 4.39 Å². The Labute approximate surface area is 122 Å². The fourth-order valence-electron chi connectivity index (χ4n) is 1.85. The maximum atomic E-state index is 13.2. The van der Waals surface area contributed by atoms with E-state index in [0.717, 1.165) is 11.1 Å². The van der Waals surface area contributed by atoms with Crippen LogP contribution in [-0.4, -0.2) is 0 Å². The third kappa shape index (κ3) is 4.20. The highest BCUT2D eigenvalue weighted by Crippen LogP contribution is 2.18. The van der Waals surface area contributed by atoms with Crippen LogP contribution < -0.4 is 5.32 Å². The van der Waals surface area contributed by atoms with Crippen LogP contribution in [-0.2, 0) is 6.54 Å². The number of halogens is 3. The molecule has 2 rings (SSSR count). The molecule has 1 N–H and O–H groups in total. The minimum atomic E-state index is -0.316. The van der Waals surface area contributed by atoms with E-state index < -0.39 is 0 Å². The van der Waals surface area contributed by atoms with Crippen LogP contribution in [0.25, 0.3) is 0 Å². The highest BCUT2D eigenvalue weighted by Gasteiger charge is 2.06. The highest BCUT2D eigenvalue weighted by atomic mass is 35.5.